The van der Waals surface area contributed by atoms with Gasteiger partial charge in [0.05, 0.1) is 0 Å². The summed E-state index contributed by atoms with van der Waals surface area (Å²) in [4.78, 5) is 4.26. The Balaban J connectivity index is 2.19. The van der Waals surface area contributed by atoms with Crippen molar-refractivity contribution in [3.8, 4) is 11.6 Å². The average Bonchev–Trinajstić information content (AvgIpc) is 2.34. The fourth-order valence-electron chi connectivity index (χ4n) is 1.58. The molecule has 3 heteroatoms. The largest absolute Gasteiger partial charge is 0.439 e. The van der Waals surface area contributed by atoms with Crippen LogP contribution in [0.2, 0.25) is 0 Å². The molecule has 0 bridgehead atoms. The van der Waals surface area contributed by atoms with E-state index < -0.39 is 0 Å². The Morgan fingerprint density at radius 1 is 1.18 bits per heavy atom. The van der Waals surface area contributed by atoms with Gasteiger partial charge in [0, 0.05) is 17.6 Å². The number of aryl methyl sites for hydroxylation is 2. The molecule has 0 saturated heterocycles. The normalized spacial score (nSPS) is 10.3. The van der Waals surface area contributed by atoms with E-state index in [4.69, 9.17) is 4.74 Å². The van der Waals surface area contributed by atoms with Crippen LogP contribution in [0.5, 0.6) is 11.6 Å². The number of benzene rings is 1. The van der Waals surface area contributed by atoms with Crippen LogP contribution in [0.15, 0.2) is 36.5 Å². The van der Waals surface area contributed by atoms with Gasteiger partial charge in [0.2, 0.25) is 5.88 Å². The van der Waals surface area contributed by atoms with Crippen molar-refractivity contribution < 1.29 is 4.74 Å². The molecule has 0 aliphatic heterocycles. The summed E-state index contributed by atoms with van der Waals surface area (Å²) in [7, 11) is 0. The quantitative estimate of drug-likeness (QED) is 0.783. The maximum Gasteiger partial charge on any atom is 0.219 e. The first kappa shape index (κ1) is 12.1. The summed E-state index contributed by atoms with van der Waals surface area (Å²) in [5.74, 6) is 1.48. The molecule has 1 aromatic heterocycles. The Hall–Kier alpha value is -1.35. The van der Waals surface area contributed by atoms with Gasteiger partial charge in [0.1, 0.15) is 5.75 Å². The number of pyridine rings is 1. The van der Waals surface area contributed by atoms with Crippen molar-refractivity contribution in [3.05, 3.63) is 53.2 Å². The van der Waals surface area contributed by atoms with Gasteiger partial charge in [-0.3, -0.25) is 0 Å². The molecule has 17 heavy (non-hydrogen) atoms. The lowest BCUT2D eigenvalue weighted by molar-refractivity contribution is 0.459. The fraction of sp³-hybridized carbons (Fsp3) is 0.214. The molecule has 0 aliphatic rings. The zero-order chi connectivity index (χ0) is 12.3. The standard InChI is InChI=1S/C14H14BrNO/c1-10-3-5-13(11(2)7-10)17-14-6-4-12(8-15)9-16-14/h3-7,9H,8H2,1-2H3. The van der Waals surface area contributed by atoms with E-state index in [9.17, 15) is 0 Å². The zero-order valence-electron chi connectivity index (χ0n) is 9.90. The van der Waals surface area contributed by atoms with E-state index in [1.165, 1.54) is 5.56 Å². The second kappa shape index (κ2) is 5.32. The van der Waals surface area contributed by atoms with Crippen molar-refractivity contribution in [2.75, 3.05) is 0 Å². The third-order valence-corrected chi connectivity index (χ3v) is 3.14. The highest BCUT2D eigenvalue weighted by Crippen LogP contribution is 2.24. The minimum absolute atomic E-state index is 0.627. The maximum absolute atomic E-state index is 5.74. The van der Waals surface area contributed by atoms with E-state index in [-0.39, 0.29) is 0 Å². The van der Waals surface area contributed by atoms with E-state index in [0.29, 0.717) is 5.88 Å². The SMILES string of the molecule is Cc1ccc(Oc2ccc(CBr)cn2)c(C)c1. The maximum atomic E-state index is 5.74. The molecule has 88 valence electrons. The van der Waals surface area contributed by atoms with Gasteiger partial charge in [-0.25, -0.2) is 4.98 Å². The molecule has 0 N–H and O–H groups in total. The predicted octanol–water partition coefficient (Wildman–Crippen LogP) is 4.39. The molecule has 0 saturated carbocycles. The first-order valence-electron chi connectivity index (χ1n) is 5.45. The summed E-state index contributed by atoms with van der Waals surface area (Å²) in [6, 6.07) is 10.00. The minimum Gasteiger partial charge on any atom is -0.439 e. The van der Waals surface area contributed by atoms with E-state index in [0.717, 1.165) is 22.2 Å². The van der Waals surface area contributed by atoms with Crippen molar-refractivity contribution in [2.24, 2.45) is 0 Å². The third-order valence-electron chi connectivity index (χ3n) is 2.50. The molecule has 1 aromatic carbocycles. The molecule has 0 unspecified atom stereocenters. The molecule has 2 aromatic rings. The number of hydrogen-bond acceptors (Lipinski definition) is 2. The van der Waals surface area contributed by atoms with Crippen LogP contribution in [0.4, 0.5) is 0 Å². The number of halogens is 1. The average molecular weight is 292 g/mol. The lowest BCUT2D eigenvalue weighted by Crippen LogP contribution is -1.91. The minimum atomic E-state index is 0.627. The molecular weight excluding hydrogens is 278 g/mol. The van der Waals surface area contributed by atoms with Crippen LogP contribution >= 0.6 is 15.9 Å². The molecule has 2 rings (SSSR count). The highest BCUT2D eigenvalue weighted by molar-refractivity contribution is 9.08. The highest BCUT2D eigenvalue weighted by atomic mass is 79.9. The number of aromatic nitrogens is 1. The summed E-state index contributed by atoms with van der Waals surface area (Å²) in [5.41, 5.74) is 3.49. The van der Waals surface area contributed by atoms with E-state index >= 15 is 0 Å². The smallest absolute Gasteiger partial charge is 0.219 e. The molecular formula is C14H14BrNO. The van der Waals surface area contributed by atoms with Gasteiger partial charge in [-0.1, -0.05) is 39.7 Å². The number of hydrogen-bond donors (Lipinski definition) is 0. The third kappa shape index (κ3) is 3.07. The monoisotopic (exact) mass is 291 g/mol. The Bertz CT molecular complexity index is 508. The van der Waals surface area contributed by atoms with Crippen molar-refractivity contribution >= 4 is 15.9 Å². The van der Waals surface area contributed by atoms with Crippen LogP contribution in [0.25, 0.3) is 0 Å². The van der Waals surface area contributed by atoms with Crippen LogP contribution < -0.4 is 4.74 Å². The van der Waals surface area contributed by atoms with Gasteiger partial charge in [-0.2, -0.15) is 0 Å². The van der Waals surface area contributed by atoms with Gasteiger partial charge in [-0.15, -0.1) is 0 Å². The van der Waals surface area contributed by atoms with E-state index in [2.05, 4.69) is 33.9 Å². The summed E-state index contributed by atoms with van der Waals surface area (Å²) >= 11 is 3.39. The van der Waals surface area contributed by atoms with Crippen LogP contribution in [-0.4, -0.2) is 4.98 Å². The van der Waals surface area contributed by atoms with Crippen LogP contribution in [0.3, 0.4) is 0 Å². The second-order valence-electron chi connectivity index (χ2n) is 4.01. The first-order valence-corrected chi connectivity index (χ1v) is 6.57. The summed E-state index contributed by atoms with van der Waals surface area (Å²) in [5, 5.41) is 0.809. The Morgan fingerprint density at radius 2 is 2.00 bits per heavy atom. The molecule has 0 radical (unpaired) electrons. The fourth-order valence-corrected chi connectivity index (χ4v) is 1.91. The molecule has 0 amide bonds. The molecule has 0 aliphatic carbocycles. The predicted molar refractivity (Wildman–Crippen MR) is 72.9 cm³/mol. The van der Waals surface area contributed by atoms with Crippen molar-refractivity contribution in [1.82, 2.24) is 4.98 Å². The molecule has 0 spiro atoms. The van der Waals surface area contributed by atoms with E-state index in [1.807, 2.05) is 37.4 Å². The van der Waals surface area contributed by atoms with Gasteiger partial charge in [-0.05, 0) is 31.0 Å². The summed E-state index contributed by atoms with van der Waals surface area (Å²) < 4.78 is 5.74. The Kier molecular flexibility index (Phi) is 3.79. The van der Waals surface area contributed by atoms with Gasteiger partial charge in [0.25, 0.3) is 0 Å². The number of nitrogens with zero attached hydrogens (tertiary/aromatic N) is 1. The number of rotatable bonds is 3. The van der Waals surface area contributed by atoms with Crippen LogP contribution in [0.1, 0.15) is 16.7 Å². The van der Waals surface area contributed by atoms with Crippen molar-refractivity contribution in [1.29, 1.82) is 0 Å². The Morgan fingerprint density at radius 3 is 2.59 bits per heavy atom. The first-order chi connectivity index (χ1) is 8.19. The van der Waals surface area contributed by atoms with Crippen molar-refractivity contribution in [2.45, 2.75) is 19.2 Å². The van der Waals surface area contributed by atoms with E-state index in [1.54, 1.807) is 0 Å². The molecule has 0 fully saturated rings. The van der Waals surface area contributed by atoms with Crippen LogP contribution in [0, 0.1) is 13.8 Å². The van der Waals surface area contributed by atoms with Gasteiger partial charge in [0.15, 0.2) is 0 Å². The summed E-state index contributed by atoms with van der Waals surface area (Å²) in [6.07, 6.45) is 1.81. The zero-order valence-corrected chi connectivity index (χ0v) is 11.5. The highest BCUT2D eigenvalue weighted by Gasteiger charge is 2.02. The lowest BCUT2D eigenvalue weighted by Gasteiger charge is -2.08. The molecule has 1 heterocycles. The number of ether oxygens (including phenoxy) is 1. The van der Waals surface area contributed by atoms with Crippen molar-refractivity contribution in [3.63, 3.8) is 0 Å². The second-order valence-corrected chi connectivity index (χ2v) is 4.57. The lowest BCUT2D eigenvalue weighted by atomic mass is 10.1. The topological polar surface area (TPSA) is 22.1 Å². The molecule has 2 nitrogen and oxygen atoms in total. The van der Waals surface area contributed by atoms with Gasteiger partial charge < -0.3 is 4.74 Å². The summed E-state index contributed by atoms with van der Waals surface area (Å²) in [6.45, 7) is 4.11. The molecule has 0 atom stereocenters. The van der Waals surface area contributed by atoms with Crippen LogP contribution in [-0.2, 0) is 5.33 Å². The Labute approximate surface area is 110 Å². The van der Waals surface area contributed by atoms with Gasteiger partial charge >= 0.3 is 0 Å². The number of alkyl halides is 1.